The summed E-state index contributed by atoms with van der Waals surface area (Å²) in [5, 5.41) is 12.2. The number of aliphatic hydroxyl groups is 1. The van der Waals surface area contributed by atoms with Gasteiger partial charge in [0, 0.05) is 31.9 Å². The van der Waals surface area contributed by atoms with Crippen molar-refractivity contribution in [1.82, 2.24) is 10.3 Å². The molecule has 0 spiro atoms. The summed E-state index contributed by atoms with van der Waals surface area (Å²) in [5.41, 5.74) is 1.68. The van der Waals surface area contributed by atoms with Gasteiger partial charge >= 0.3 is 0 Å². The van der Waals surface area contributed by atoms with Crippen LogP contribution in [-0.2, 0) is 16.1 Å². The maximum atomic E-state index is 12.1. The Hall–Kier alpha value is -2.08. The molecule has 6 heteroatoms. The highest BCUT2D eigenvalue weighted by molar-refractivity contribution is 5.93. The summed E-state index contributed by atoms with van der Waals surface area (Å²) in [6, 6.07) is 4.40. The molecular formula is C19H27N3O3. The molecule has 0 bridgehead atoms. The number of rotatable bonds is 6. The second kappa shape index (κ2) is 8.85. The summed E-state index contributed by atoms with van der Waals surface area (Å²) in [4.78, 5) is 19.0. The lowest BCUT2D eigenvalue weighted by molar-refractivity contribution is -0.118. The van der Waals surface area contributed by atoms with Crippen molar-refractivity contribution >= 4 is 11.7 Å². The van der Waals surface area contributed by atoms with E-state index in [0.717, 1.165) is 43.6 Å². The van der Waals surface area contributed by atoms with Gasteiger partial charge in [-0.1, -0.05) is 6.07 Å². The molecule has 6 nitrogen and oxygen atoms in total. The minimum atomic E-state index is -0.0668. The maximum absolute atomic E-state index is 12.1. The molecule has 25 heavy (non-hydrogen) atoms. The molecule has 1 saturated heterocycles. The molecular weight excluding hydrogens is 318 g/mol. The van der Waals surface area contributed by atoms with Crippen molar-refractivity contribution < 1.29 is 14.6 Å². The van der Waals surface area contributed by atoms with E-state index in [2.05, 4.69) is 15.2 Å². The van der Waals surface area contributed by atoms with Gasteiger partial charge in [0.1, 0.15) is 5.82 Å². The normalized spacial score (nSPS) is 20.6. The van der Waals surface area contributed by atoms with Crippen molar-refractivity contribution in [2.75, 3.05) is 24.7 Å². The largest absolute Gasteiger partial charge is 0.501 e. The number of amides is 1. The first kappa shape index (κ1) is 17.7. The average molecular weight is 345 g/mol. The summed E-state index contributed by atoms with van der Waals surface area (Å²) in [5.74, 6) is 0.888. The van der Waals surface area contributed by atoms with E-state index in [9.17, 15) is 9.90 Å². The first-order valence-corrected chi connectivity index (χ1v) is 9.19. The fraction of sp³-hybridized carbons (Fsp3) is 0.579. The van der Waals surface area contributed by atoms with Crippen LogP contribution in [0.15, 0.2) is 30.2 Å². The van der Waals surface area contributed by atoms with E-state index >= 15 is 0 Å². The fourth-order valence-electron chi connectivity index (χ4n) is 3.47. The van der Waals surface area contributed by atoms with E-state index < -0.39 is 0 Å². The van der Waals surface area contributed by atoms with Gasteiger partial charge in [0.05, 0.1) is 18.4 Å². The smallest absolute Gasteiger partial charge is 0.250 e. The van der Waals surface area contributed by atoms with Crippen molar-refractivity contribution in [3.63, 3.8) is 0 Å². The van der Waals surface area contributed by atoms with Crippen LogP contribution in [0.25, 0.3) is 0 Å². The van der Waals surface area contributed by atoms with Gasteiger partial charge in [0.15, 0.2) is 0 Å². The molecule has 0 saturated carbocycles. The predicted octanol–water partition coefficient (Wildman–Crippen LogP) is 2.13. The Labute approximate surface area is 148 Å². The molecule has 0 aliphatic carbocycles. The van der Waals surface area contributed by atoms with Crippen LogP contribution < -0.4 is 10.2 Å². The third kappa shape index (κ3) is 4.72. The topological polar surface area (TPSA) is 74.7 Å². The predicted molar refractivity (Wildman–Crippen MR) is 96.0 cm³/mol. The Morgan fingerprint density at radius 3 is 3.00 bits per heavy atom. The Morgan fingerprint density at radius 2 is 2.28 bits per heavy atom. The van der Waals surface area contributed by atoms with Gasteiger partial charge in [0.2, 0.25) is 0 Å². The molecule has 3 rings (SSSR count). The quantitative estimate of drug-likeness (QED) is 0.826. The van der Waals surface area contributed by atoms with Gasteiger partial charge in [-0.25, -0.2) is 4.98 Å². The van der Waals surface area contributed by atoms with Crippen LogP contribution in [-0.4, -0.2) is 41.8 Å². The van der Waals surface area contributed by atoms with E-state index in [1.54, 1.807) is 6.26 Å². The molecule has 2 N–H and O–H groups in total. The van der Waals surface area contributed by atoms with Gasteiger partial charge in [-0.05, 0) is 50.2 Å². The number of piperidine rings is 1. The number of carbonyl (C=O) groups is 1. The first-order chi connectivity index (χ1) is 12.3. The standard InChI is InChI=1S/C19H27N3O3/c23-10-8-17-5-1-2-9-22(17)18-7-6-15(12-20-18)13-21-19(24)16-4-3-11-25-14-16/h6-7,12,14,17,23H,1-5,8-11,13H2,(H,21,24)/t17-/m0/s1. The number of aromatic nitrogens is 1. The lowest BCUT2D eigenvalue weighted by atomic mass is 9.99. The molecule has 0 unspecified atom stereocenters. The molecule has 1 amide bonds. The van der Waals surface area contributed by atoms with E-state index in [4.69, 9.17) is 4.74 Å². The second-order valence-electron chi connectivity index (χ2n) is 6.68. The third-order valence-electron chi connectivity index (χ3n) is 4.87. The summed E-state index contributed by atoms with van der Waals surface area (Å²) in [7, 11) is 0. The lowest BCUT2D eigenvalue weighted by Crippen LogP contribution is -2.40. The number of ether oxygens (including phenoxy) is 1. The Balaban J connectivity index is 1.56. The van der Waals surface area contributed by atoms with E-state index in [1.807, 2.05) is 18.3 Å². The van der Waals surface area contributed by atoms with E-state index in [-0.39, 0.29) is 12.5 Å². The van der Waals surface area contributed by atoms with Crippen molar-refractivity contribution in [2.45, 2.75) is 51.1 Å². The highest BCUT2D eigenvalue weighted by Gasteiger charge is 2.23. The monoisotopic (exact) mass is 345 g/mol. The molecule has 0 aromatic carbocycles. The molecule has 1 atom stereocenters. The SMILES string of the molecule is O=C(NCc1ccc(N2CCCC[C@H]2CCO)nc1)C1=COCCC1. The van der Waals surface area contributed by atoms with Crippen LogP contribution in [0, 0.1) is 0 Å². The van der Waals surface area contributed by atoms with Crippen molar-refractivity contribution in [1.29, 1.82) is 0 Å². The molecule has 1 aromatic rings. The highest BCUT2D eigenvalue weighted by Crippen LogP contribution is 2.25. The fourth-order valence-corrected chi connectivity index (χ4v) is 3.47. The van der Waals surface area contributed by atoms with Crippen LogP contribution in [0.2, 0.25) is 0 Å². The highest BCUT2D eigenvalue weighted by atomic mass is 16.5. The van der Waals surface area contributed by atoms with Crippen LogP contribution in [0.5, 0.6) is 0 Å². The average Bonchev–Trinajstić information content (AvgIpc) is 2.68. The summed E-state index contributed by atoms with van der Waals surface area (Å²) >= 11 is 0. The van der Waals surface area contributed by atoms with Gasteiger partial charge in [-0.15, -0.1) is 0 Å². The van der Waals surface area contributed by atoms with Gasteiger partial charge < -0.3 is 20.1 Å². The Morgan fingerprint density at radius 1 is 1.36 bits per heavy atom. The van der Waals surface area contributed by atoms with Crippen LogP contribution in [0.3, 0.4) is 0 Å². The van der Waals surface area contributed by atoms with Crippen molar-refractivity contribution in [3.05, 3.63) is 35.7 Å². The lowest BCUT2D eigenvalue weighted by Gasteiger charge is -2.36. The third-order valence-corrected chi connectivity index (χ3v) is 4.87. The van der Waals surface area contributed by atoms with Crippen LogP contribution in [0.4, 0.5) is 5.82 Å². The van der Waals surface area contributed by atoms with Gasteiger partial charge in [0.25, 0.3) is 5.91 Å². The Kier molecular flexibility index (Phi) is 6.28. The summed E-state index contributed by atoms with van der Waals surface area (Å²) < 4.78 is 5.21. The minimum absolute atomic E-state index is 0.0668. The number of nitrogens with one attached hydrogen (secondary N) is 1. The van der Waals surface area contributed by atoms with Crippen LogP contribution in [0.1, 0.15) is 44.1 Å². The van der Waals surface area contributed by atoms with Gasteiger partial charge in [-0.2, -0.15) is 0 Å². The Bertz CT molecular complexity index is 598. The molecule has 3 heterocycles. The number of aliphatic hydroxyl groups excluding tert-OH is 1. The summed E-state index contributed by atoms with van der Waals surface area (Å²) in [6.07, 6.45) is 9.33. The number of hydrogen-bond donors (Lipinski definition) is 2. The number of nitrogens with zero attached hydrogens (tertiary/aromatic N) is 2. The molecule has 1 fully saturated rings. The molecule has 1 aromatic heterocycles. The van der Waals surface area contributed by atoms with Crippen LogP contribution >= 0.6 is 0 Å². The van der Waals surface area contributed by atoms with E-state index in [0.29, 0.717) is 24.8 Å². The molecule has 2 aliphatic rings. The number of pyridine rings is 1. The summed E-state index contributed by atoms with van der Waals surface area (Å²) in [6.45, 7) is 2.35. The number of hydrogen-bond acceptors (Lipinski definition) is 5. The maximum Gasteiger partial charge on any atom is 0.250 e. The zero-order valence-corrected chi connectivity index (χ0v) is 14.6. The zero-order chi connectivity index (χ0) is 17.5. The second-order valence-corrected chi connectivity index (χ2v) is 6.68. The number of anilines is 1. The minimum Gasteiger partial charge on any atom is -0.501 e. The zero-order valence-electron chi connectivity index (χ0n) is 14.6. The van der Waals surface area contributed by atoms with Crippen molar-refractivity contribution in [3.8, 4) is 0 Å². The molecule has 0 radical (unpaired) electrons. The molecule has 136 valence electrons. The van der Waals surface area contributed by atoms with Gasteiger partial charge in [-0.3, -0.25) is 4.79 Å². The molecule has 2 aliphatic heterocycles. The number of carbonyl (C=O) groups excluding carboxylic acids is 1. The first-order valence-electron chi connectivity index (χ1n) is 9.19. The van der Waals surface area contributed by atoms with Crippen molar-refractivity contribution in [2.24, 2.45) is 0 Å². The van der Waals surface area contributed by atoms with E-state index in [1.165, 1.54) is 12.8 Å².